The molecule has 0 radical (unpaired) electrons. The van der Waals surface area contributed by atoms with Gasteiger partial charge in [-0.05, 0) is 33.1 Å². The highest BCUT2D eigenvalue weighted by Gasteiger charge is 2.46. The molecule has 0 amide bonds. The number of nitrogens with two attached hydrogens (primary N) is 1. The summed E-state index contributed by atoms with van der Waals surface area (Å²) in [6, 6.07) is 0. The second-order valence-electron chi connectivity index (χ2n) is 6.04. The van der Waals surface area contributed by atoms with Crippen molar-refractivity contribution in [3.8, 4) is 0 Å². The molecule has 1 fully saturated rings. The van der Waals surface area contributed by atoms with Crippen molar-refractivity contribution in [2.75, 3.05) is 0 Å². The number of rotatable bonds is 3. The molecule has 3 nitrogen and oxygen atoms in total. The normalized spacial score (nSPS) is 27.1. The molecule has 2 rings (SSSR count). The summed E-state index contributed by atoms with van der Waals surface area (Å²) in [6.45, 7) is 4.34. The van der Waals surface area contributed by atoms with Crippen LogP contribution in [0.5, 0.6) is 0 Å². The molecule has 1 saturated carbocycles. The Morgan fingerprint density at radius 1 is 1.48 bits per heavy atom. The summed E-state index contributed by atoms with van der Waals surface area (Å²) >= 11 is 6.24. The Kier molecular flexibility index (Phi) is 4.59. The number of hydrogen-bond acceptors (Lipinski definition) is 2. The quantitative estimate of drug-likeness (QED) is 0.918. The van der Waals surface area contributed by atoms with Gasteiger partial charge in [-0.25, -0.2) is 0 Å². The van der Waals surface area contributed by atoms with E-state index in [0.29, 0.717) is 36.5 Å². The first kappa shape index (κ1) is 16.6. The first-order chi connectivity index (χ1) is 9.66. The first-order valence-electron chi connectivity index (χ1n) is 7.23. The van der Waals surface area contributed by atoms with Crippen molar-refractivity contribution in [1.29, 1.82) is 0 Å². The molecule has 0 bridgehead atoms. The van der Waals surface area contributed by atoms with Gasteiger partial charge in [-0.2, -0.15) is 18.3 Å². The van der Waals surface area contributed by atoms with Crippen LogP contribution in [-0.4, -0.2) is 21.5 Å². The highest BCUT2D eigenvalue weighted by Crippen LogP contribution is 2.42. The van der Waals surface area contributed by atoms with E-state index < -0.39 is 17.6 Å². The zero-order chi connectivity index (χ0) is 15.8. The summed E-state index contributed by atoms with van der Waals surface area (Å²) in [4.78, 5) is 0. The number of aromatic nitrogens is 2. The Bertz CT molecular complexity index is 512. The van der Waals surface area contributed by atoms with Gasteiger partial charge in [0.1, 0.15) is 0 Å². The molecule has 1 aromatic rings. The van der Waals surface area contributed by atoms with E-state index in [1.54, 1.807) is 11.6 Å². The molecule has 0 aliphatic heterocycles. The van der Waals surface area contributed by atoms with Crippen molar-refractivity contribution in [2.45, 2.75) is 64.2 Å². The van der Waals surface area contributed by atoms with Crippen LogP contribution >= 0.6 is 11.6 Å². The summed E-state index contributed by atoms with van der Waals surface area (Å²) < 4.78 is 40.6. The van der Waals surface area contributed by atoms with E-state index in [-0.39, 0.29) is 12.8 Å². The van der Waals surface area contributed by atoms with Crippen LogP contribution in [0.15, 0.2) is 0 Å². The molecule has 0 aromatic carbocycles. The van der Waals surface area contributed by atoms with Gasteiger partial charge in [0.25, 0.3) is 0 Å². The Hall–Kier alpha value is -0.750. The van der Waals surface area contributed by atoms with Crippen LogP contribution in [0.25, 0.3) is 0 Å². The lowest BCUT2D eigenvalue weighted by Gasteiger charge is -2.38. The maximum atomic E-state index is 13.0. The number of nitrogens with zero attached hydrogens (tertiary/aromatic N) is 2. The van der Waals surface area contributed by atoms with E-state index in [9.17, 15) is 13.2 Å². The molecule has 1 aliphatic carbocycles. The summed E-state index contributed by atoms with van der Waals surface area (Å²) in [5.74, 6) is -1.31. The number of hydrogen-bond donors (Lipinski definition) is 1. The lowest BCUT2D eigenvalue weighted by atomic mass is 9.73. The minimum atomic E-state index is -4.17. The SMILES string of the molecule is CCn1nc(C)c(Cl)c1CC1(N)CCCC(C(F)(F)F)C1. The molecule has 2 N–H and O–H groups in total. The van der Waals surface area contributed by atoms with E-state index in [0.717, 1.165) is 5.69 Å². The van der Waals surface area contributed by atoms with E-state index in [1.165, 1.54) is 0 Å². The lowest BCUT2D eigenvalue weighted by Crippen LogP contribution is -2.49. The molecule has 21 heavy (non-hydrogen) atoms. The second-order valence-corrected chi connectivity index (χ2v) is 6.41. The third kappa shape index (κ3) is 3.54. The van der Waals surface area contributed by atoms with Crippen molar-refractivity contribution < 1.29 is 13.2 Å². The van der Waals surface area contributed by atoms with Gasteiger partial charge in [0.05, 0.1) is 22.3 Å². The second kappa shape index (κ2) is 5.80. The van der Waals surface area contributed by atoms with Gasteiger partial charge in [0, 0.05) is 18.5 Å². The van der Waals surface area contributed by atoms with Gasteiger partial charge in [-0.3, -0.25) is 4.68 Å². The van der Waals surface area contributed by atoms with Crippen molar-refractivity contribution in [3.63, 3.8) is 0 Å². The van der Waals surface area contributed by atoms with Crippen LogP contribution in [0.4, 0.5) is 13.2 Å². The molecule has 2 unspecified atom stereocenters. The Balaban J connectivity index is 2.22. The average Bonchev–Trinajstić information content (AvgIpc) is 2.65. The van der Waals surface area contributed by atoms with Crippen molar-refractivity contribution in [3.05, 3.63) is 16.4 Å². The Morgan fingerprint density at radius 3 is 2.71 bits per heavy atom. The number of aryl methyl sites for hydroxylation is 2. The van der Waals surface area contributed by atoms with Gasteiger partial charge in [-0.15, -0.1) is 0 Å². The number of alkyl halides is 3. The fourth-order valence-electron chi connectivity index (χ4n) is 3.21. The van der Waals surface area contributed by atoms with Crippen LogP contribution < -0.4 is 5.73 Å². The van der Waals surface area contributed by atoms with Gasteiger partial charge in [0.2, 0.25) is 0 Å². The predicted molar refractivity (Wildman–Crippen MR) is 76.3 cm³/mol. The summed E-state index contributed by atoms with van der Waals surface area (Å²) in [5.41, 5.74) is 6.87. The van der Waals surface area contributed by atoms with E-state index in [2.05, 4.69) is 5.10 Å². The highest BCUT2D eigenvalue weighted by molar-refractivity contribution is 6.31. The smallest absolute Gasteiger partial charge is 0.325 e. The van der Waals surface area contributed by atoms with Crippen molar-refractivity contribution in [2.24, 2.45) is 11.7 Å². The van der Waals surface area contributed by atoms with Crippen LogP contribution in [0.2, 0.25) is 5.02 Å². The topological polar surface area (TPSA) is 43.8 Å². The monoisotopic (exact) mass is 323 g/mol. The van der Waals surface area contributed by atoms with Crippen LogP contribution in [0.3, 0.4) is 0 Å². The van der Waals surface area contributed by atoms with Crippen LogP contribution in [0.1, 0.15) is 44.0 Å². The molecule has 1 aromatic heterocycles. The molecular weight excluding hydrogens is 303 g/mol. The van der Waals surface area contributed by atoms with Gasteiger partial charge < -0.3 is 5.73 Å². The van der Waals surface area contributed by atoms with Crippen molar-refractivity contribution >= 4 is 11.6 Å². The fourth-order valence-corrected chi connectivity index (χ4v) is 3.41. The fraction of sp³-hybridized carbons (Fsp3) is 0.786. The van der Waals surface area contributed by atoms with Gasteiger partial charge >= 0.3 is 6.18 Å². The summed E-state index contributed by atoms with van der Waals surface area (Å²) in [6.07, 6.45) is -2.62. The van der Waals surface area contributed by atoms with Gasteiger partial charge in [-0.1, -0.05) is 18.0 Å². The zero-order valence-electron chi connectivity index (χ0n) is 12.3. The first-order valence-corrected chi connectivity index (χ1v) is 7.61. The standard InChI is InChI=1S/C14H21ClF3N3/c1-3-21-11(12(15)9(2)20-21)8-13(19)6-4-5-10(7-13)14(16,17)18/h10H,3-8,19H2,1-2H3. The maximum absolute atomic E-state index is 13.0. The molecule has 1 aliphatic rings. The average molecular weight is 324 g/mol. The maximum Gasteiger partial charge on any atom is 0.391 e. The van der Waals surface area contributed by atoms with Crippen LogP contribution in [-0.2, 0) is 13.0 Å². The van der Waals surface area contributed by atoms with Crippen LogP contribution in [0, 0.1) is 12.8 Å². The Morgan fingerprint density at radius 2 is 2.14 bits per heavy atom. The molecular formula is C14H21ClF3N3. The summed E-state index contributed by atoms with van der Waals surface area (Å²) in [7, 11) is 0. The molecule has 0 spiro atoms. The Labute approximate surface area is 127 Å². The predicted octanol–water partition coefficient (Wildman–Crippen LogP) is 3.86. The number of halogens is 4. The third-order valence-electron chi connectivity index (χ3n) is 4.32. The largest absolute Gasteiger partial charge is 0.391 e. The van der Waals surface area contributed by atoms with Crippen molar-refractivity contribution in [1.82, 2.24) is 9.78 Å². The van der Waals surface area contributed by atoms with E-state index in [1.807, 2.05) is 6.92 Å². The minimum absolute atomic E-state index is 0.0409. The zero-order valence-corrected chi connectivity index (χ0v) is 13.1. The molecule has 2 atom stereocenters. The molecule has 120 valence electrons. The van der Waals surface area contributed by atoms with E-state index >= 15 is 0 Å². The minimum Gasteiger partial charge on any atom is -0.325 e. The van der Waals surface area contributed by atoms with E-state index in [4.69, 9.17) is 17.3 Å². The molecule has 7 heteroatoms. The summed E-state index contributed by atoms with van der Waals surface area (Å²) in [5, 5.41) is 4.82. The molecule has 0 saturated heterocycles. The molecule has 1 heterocycles. The van der Waals surface area contributed by atoms with Gasteiger partial charge in [0.15, 0.2) is 0 Å². The third-order valence-corrected chi connectivity index (χ3v) is 4.81. The highest BCUT2D eigenvalue weighted by atomic mass is 35.5. The lowest BCUT2D eigenvalue weighted by molar-refractivity contribution is -0.187.